The Labute approximate surface area is 204 Å². The molecule has 0 heterocycles. The maximum atomic E-state index is 13.1. The second-order valence-corrected chi connectivity index (χ2v) is 9.16. The van der Waals surface area contributed by atoms with Crippen molar-refractivity contribution in [3.8, 4) is 0 Å². The minimum Gasteiger partial charge on any atom is -0.480 e. The highest BCUT2D eigenvalue weighted by Crippen LogP contribution is 2.11. The number of carboxylic acids is 1. The second kappa shape index (κ2) is 17.1. The van der Waals surface area contributed by atoms with Gasteiger partial charge in [-0.1, -0.05) is 20.3 Å². The van der Waals surface area contributed by atoms with E-state index in [9.17, 15) is 29.1 Å². The molecule has 12 nitrogen and oxygen atoms in total. The number of rotatable bonds is 18. The van der Waals surface area contributed by atoms with Crippen LogP contribution in [0.15, 0.2) is 0 Å². The fourth-order valence-corrected chi connectivity index (χ4v) is 3.53. The number of carboxylic acid groups (broad SMARTS) is 1. The number of carbonyl (C=O) groups excluding carboxylic acids is 4. The summed E-state index contributed by atoms with van der Waals surface area (Å²) in [5, 5.41) is 17.1. The highest BCUT2D eigenvalue weighted by molar-refractivity contribution is 7.98. The van der Waals surface area contributed by atoms with E-state index in [0.717, 1.165) is 0 Å². The molecule has 0 aliphatic rings. The van der Waals surface area contributed by atoms with E-state index in [1.807, 2.05) is 13.2 Å². The number of nitrogens with two attached hydrogens (primary N) is 3. The summed E-state index contributed by atoms with van der Waals surface area (Å²) >= 11 is 1.45. The summed E-state index contributed by atoms with van der Waals surface area (Å²) in [6.07, 6.45) is 3.60. The molecule has 4 amide bonds. The van der Waals surface area contributed by atoms with Gasteiger partial charge < -0.3 is 38.3 Å². The summed E-state index contributed by atoms with van der Waals surface area (Å²) in [6.45, 7) is 3.97. The molecule has 5 atom stereocenters. The first-order valence-electron chi connectivity index (χ1n) is 11.3. The molecule has 0 aliphatic carbocycles. The van der Waals surface area contributed by atoms with E-state index in [-0.39, 0.29) is 25.2 Å². The largest absolute Gasteiger partial charge is 0.480 e. The molecule has 0 aliphatic heterocycles. The van der Waals surface area contributed by atoms with Crippen molar-refractivity contribution in [2.75, 3.05) is 18.6 Å². The fourth-order valence-electron chi connectivity index (χ4n) is 3.06. The Balaban J connectivity index is 5.53. The van der Waals surface area contributed by atoms with Crippen molar-refractivity contribution in [2.45, 2.75) is 76.5 Å². The van der Waals surface area contributed by atoms with Gasteiger partial charge in [0.1, 0.15) is 18.1 Å². The van der Waals surface area contributed by atoms with Gasteiger partial charge in [-0.15, -0.1) is 0 Å². The molecule has 0 aromatic carbocycles. The van der Waals surface area contributed by atoms with Gasteiger partial charge in [-0.2, -0.15) is 11.8 Å². The van der Waals surface area contributed by atoms with Gasteiger partial charge >= 0.3 is 5.97 Å². The van der Waals surface area contributed by atoms with Crippen LogP contribution in [-0.2, 0) is 24.0 Å². The summed E-state index contributed by atoms with van der Waals surface area (Å²) in [7, 11) is 0. The molecule has 34 heavy (non-hydrogen) atoms. The van der Waals surface area contributed by atoms with Crippen molar-refractivity contribution >= 4 is 41.4 Å². The van der Waals surface area contributed by atoms with Crippen LogP contribution in [0.2, 0.25) is 0 Å². The first-order chi connectivity index (χ1) is 16.0. The first kappa shape index (κ1) is 31.6. The first-order valence-corrected chi connectivity index (χ1v) is 12.7. The molecule has 13 heteroatoms. The standard InChI is InChI=1S/C21H40N6O6S/c1-4-12(2)17(27-18(29)13(23)11-16(24)28)20(31)25-14(7-5-6-9-22)19(30)26-15(21(32)33)8-10-34-3/h12-15,17H,4-11,22-23H2,1-3H3,(H2,24,28)(H,25,31)(H,26,30)(H,27,29)(H,32,33). The average molecular weight is 505 g/mol. The van der Waals surface area contributed by atoms with E-state index in [0.29, 0.717) is 31.6 Å². The third-order valence-corrected chi connectivity index (χ3v) is 6.00. The summed E-state index contributed by atoms with van der Waals surface area (Å²) in [6, 6.07) is -4.34. The van der Waals surface area contributed by atoms with Crippen LogP contribution >= 0.6 is 11.8 Å². The van der Waals surface area contributed by atoms with E-state index in [2.05, 4.69) is 16.0 Å². The van der Waals surface area contributed by atoms with Crippen LogP contribution < -0.4 is 33.2 Å². The van der Waals surface area contributed by atoms with Crippen LogP contribution in [0.1, 0.15) is 52.4 Å². The third kappa shape index (κ3) is 12.2. The molecule has 0 bridgehead atoms. The van der Waals surface area contributed by atoms with Gasteiger partial charge in [0.2, 0.25) is 23.6 Å². The molecule has 0 saturated heterocycles. The van der Waals surface area contributed by atoms with Crippen molar-refractivity contribution in [3.63, 3.8) is 0 Å². The highest BCUT2D eigenvalue weighted by atomic mass is 32.2. The van der Waals surface area contributed by atoms with Crippen molar-refractivity contribution in [1.82, 2.24) is 16.0 Å². The van der Waals surface area contributed by atoms with Gasteiger partial charge in [-0.05, 0) is 50.2 Å². The number of hydrogen-bond acceptors (Lipinski definition) is 8. The van der Waals surface area contributed by atoms with Gasteiger partial charge in [0, 0.05) is 0 Å². The molecule has 0 aromatic heterocycles. The van der Waals surface area contributed by atoms with Crippen LogP contribution in [0.25, 0.3) is 0 Å². The summed E-state index contributed by atoms with van der Waals surface area (Å²) in [5.74, 6) is -3.65. The Morgan fingerprint density at radius 3 is 2.06 bits per heavy atom. The number of aliphatic carboxylic acids is 1. The maximum Gasteiger partial charge on any atom is 0.326 e. The molecule has 0 spiro atoms. The van der Waals surface area contributed by atoms with E-state index in [1.165, 1.54) is 11.8 Å². The lowest BCUT2D eigenvalue weighted by Crippen LogP contribution is -2.58. The predicted molar refractivity (Wildman–Crippen MR) is 131 cm³/mol. The normalized spacial score (nSPS) is 15.3. The fraction of sp³-hybridized carbons (Fsp3) is 0.762. The smallest absolute Gasteiger partial charge is 0.326 e. The van der Waals surface area contributed by atoms with Gasteiger partial charge in [0.25, 0.3) is 0 Å². The van der Waals surface area contributed by atoms with E-state index in [4.69, 9.17) is 17.2 Å². The molecule has 0 saturated carbocycles. The van der Waals surface area contributed by atoms with Crippen molar-refractivity contribution in [3.05, 3.63) is 0 Å². The zero-order valence-electron chi connectivity index (χ0n) is 20.2. The highest BCUT2D eigenvalue weighted by Gasteiger charge is 2.32. The SMILES string of the molecule is CCC(C)C(NC(=O)C(N)CC(N)=O)C(=O)NC(CCCCN)C(=O)NC(CCSC)C(=O)O. The Bertz CT molecular complexity index is 695. The minimum atomic E-state index is -1.21. The number of thioether (sulfide) groups is 1. The Kier molecular flexibility index (Phi) is 15.9. The van der Waals surface area contributed by atoms with E-state index < -0.39 is 53.8 Å². The Morgan fingerprint density at radius 2 is 1.56 bits per heavy atom. The topological polar surface area (TPSA) is 220 Å². The molecule has 0 rings (SSSR count). The quantitative estimate of drug-likeness (QED) is 0.110. The number of hydrogen-bond donors (Lipinski definition) is 7. The molecule has 0 radical (unpaired) electrons. The molecule has 10 N–H and O–H groups in total. The number of primary amides is 1. The third-order valence-electron chi connectivity index (χ3n) is 5.36. The average Bonchev–Trinajstić information content (AvgIpc) is 2.77. The maximum absolute atomic E-state index is 13.1. The van der Waals surface area contributed by atoms with Gasteiger partial charge in [-0.25, -0.2) is 4.79 Å². The van der Waals surface area contributed by atoms with E-state index in [1.54, 1.807) is 6.92 Å². The van der Waals surface area contributed by atoms with Crippen LogP contribution in [0.4, 0.5) is 0 Å². The lowest BCUT2D eigenvalue weighted by Gasteiger charge is -2.28. The van der Waals surface area contributed by atoms with Gasteiger partial charge in [0.15, 0.2) is 0 Å². The van der Waals surface area contributed by atoms with Gasteiger partial charge in [-0.3, -0.25) is 19.2 Å². The molecule has 0 aromatic rings. The summed E-state index contributed by atoms with van der Waals surface area (Å²) < 4.78 is 0. The number of unbranched alkanes of at least 4 members (excludes halogenated alkanes) is 1. The summed E-state index contributed by atoms with van der Waals surface area (Å²) in [4.78, 5) is 60.9. The molecular formula is C21H40N6O6S. The number of nitrogens with one attached hydrogen (secondary N) is 3. The van der Waals surface area contributed by atoms with Gasteiger partial charge in [0.05, 0.1) is 12.5 Å². The second-order valence-electron chi connectivity index (χ2n) is 8.18. The monoisotopic (exact) mass is 504 g/mol. The van der Waals surface area contributed by atoms with Crippen LogP contribution in [-0.4, -0.2) is 77.4 Å². The van der Waals surface area contributed by atoms with Crippen LogP contribution in [0.5, 0.6) is 0 Å². The van der Waals surface area contributed by atoms with Crippen LogP contribution in [0.3, 0.4) is 0 Å². The Hall–Kier alpha value is -2.38. The molecular weight excluding hydrogens is 464 g/mol. The molecule has 196 valence electrons. The van der Waals surface area contributed by atoms with Crippen molar-refractivity contribution < 1.29 is 29.1 Å². The molecule has 0 fully saturated rings. The lowest BCUT2D eigenvalue weighted by atomic mass is 9.96. The zero-order valence-corrected chi connectivity index (χ0v) is 21.0. The van der Waals surface area contributed by atoms with E-state index >= 15 is 0 Å². The van der Waals surface area contributed by atoms with Crippen molar-refractivity contribution in [1.29, 1.82) is 0 Å². The predicted octanol–water partition coefficient (Wildman–Crippen LogP) is -1.34. The Morgan fingerprint density at radius 1 is 0.941 bits per heavy atom. The zero-order chi connectivity index (χ0) is 26.3. The molecule has 5 unspecified atom stereocenters. The minimum absolute atomic E-state index is 0.231. The summed E-state index contributed by atoms with van der Waals surface area (Å²) in [5.41, 5.74) is 16.3. The lowest BCUT2D eigenvalue weighted by molar-refractivity contribution is -0.142. The van der Waals surface area contributed by atoms with Crippen molar-refractivity contribution in [2.24, 2.45) is 23.1 Å². The number of carbonyl (C=O) groups is 5. The number of amides is 4. The van der Waals surface area contributed by atoms with Crippen LogP contribution in [0, 0.1) is 5.92 Å².